The Bertz CT molecular complexity index is 1110. The first-order chi connectivity index (χ1) is 19.0. The lowest BCUT2D eigenvalue weighted by Gasteiger charge is -2.51. The molecule has 210 valence electrons. The van der Waals surface area contributed by atoms with Gasteiger partial charge < -0.3 is 14.5 Å². The molecule has 1 saturated carbocycles. The highest BCUT2D eigenvalue weighted by Crippen LogP contribution is 2.38. The quantitative estimate of drug-likeness (QED) is 0.444. The molecule has 1 aliphatic carbocycles. The van der Waals surface area contributed by atoms with Crippen LogP contribution in [-0.4, -0.2) is 83.2 Å². The van der Waals surface area contributed by atoms with Crippen LogP contribution in [0, 0.1) is 11.8 Å². The molecule has 3 saturated heterocycles. The van der Waals surface area contributed by atoms with Gasteiger partial charge in [-0.05, 0) is 87.0 Å². The Morgan fingerprint density at radius 1 is 0.897 bits per heavy atom. The van der Waals surface area contributed by atoms with Gasteiger partial charge in [0.15, 0.2) is 0 Å². The minimum Gasteiger partial charge on any atom is -0.489 e. The van der Waals surface area contributed by atoms with Crippen LogP contribution in [0.5, 0.6) is 5.75 Å². The zero-order valence-corrected chi connectivity index (χ0v) is 22.7. The number of carbonyl (C=O) groups is 4. The number of benzene rings is 1. The molecule has 0 bridgehead atoms. The molecule has 9 heteroatoms. The lowest BCUT2D eigenvalue weighted by atomic mass is 9.77. The third-order valence-electron chi connectivity index (χ3n) is 9.71. The fourth-order valence-electron chi connectivity index (χ4n) is 7.50. The minimum absolute atomic E-state index is 0.138. The predicted octanol–water partition coefficient (Wildman–Crippen LogP) is 2.72. The second kappa shape index (κ2) is 11.3. The van der Waals surface area contributed by atoms with Crippen molar-refractivity contribution in [2.24, 2.45) is 11.8 Å². The molecule has 1 aromatic carbocycles. The molecule has 0 spiro atoms. The van der Waals surface area contributed by atoms with Crippen molar-refractivity contribution in [2.45, 2.75) is 88.9 Å². The van der Waals surface area contributed by atoms with E-state index in [9.17, 15) is 19.2 Å². The molecule has 9 nitrogen and oxygen atoms in total. The van der Waals surface area contributed by atoms with E-state index in [1.165, 1.54) is 25.7 Å². The number of hydrogen-bond donors (Lipinski definition) is 1. The van der Waals surface area contributed by atoms with E-state index in [0.29, 0.717) is 24.6 Å². The van der Waals surface area contributed by atoms with Gasteiger partial charge in [0.1, 0.15) is 17.9 Å². The van der Waals surface area contributed by atoms with Crippen LogP contribution < -0.4 is 10.1 Å². The topological polar surface area (TPSA) is 99.3 Å². The van der Waals surface area contributed by atoms with E-state index in [1.807, 2.05) is 23.1 Å². The average molecular weight is 537 g/mol. The van der Waals surface area contributed by atoms with Crippen LogP contribution in [-0.2, 0) is 20.9 Å². The normalized spacial score (nSPS) is 29.3. The molecule has 4 fully saturated rings. The molecule has 3 atom stereocenters. The smallest absolute Gasteiger partial charge is 0.255 e. The van der Waals surface area contributed by atoms with Crippen molar-refractivity contribution < 1.29 is 23.9 Å². The van der Waals surface area contributed by atoms with E-state index in [0.717, 1.165) is 81.4 Å². The zero-order chi connectivity index (χ0) is 26.9. The second-order valence-electron chi connectivity index (χ2n) is 12.1. The lowest BCUT2D eigenvalue weighted by Crippen LogP contribution is -2.59. The van der Waals surface area contributed by atoms with E-state index in [-0.39, 0.29) is 30.2 Å². The van der Waals surface area contributed by atoms with Crippen LogP contribution in [0.15, 0.2) is 18.2 Å². The molecule has 4 heterocycles. The Balaban J connectivity index is 1.06. The summed E-state index contributed by atoms with van der Waals surface area (Å²) < 4.78 is 6.61. The lowest BCUT2D eigenvalue weighted by molar-refractivity contribution is -0.137. The molecule has 3 unspecified atom stereocenters. The van der Waals surface area contributed by atoms with E-state index < -0.39 is 6.04 Å². The number of imide groups is 1. The standard InChI is InChI=1S/C30H40N4O5/c35-19-32-13-3-5-20(6-4-14-32)22-16-33(17-22)25-7-1-2-8-27(25)39-23-9-10-24-21(15-23)18-34(30(24)38)26-11-12-28(36)31-29(26)37/h9-10,15,19-20,22,25-27H,1-8,11-14,16-18H2,(H,31,36,37). The first-order valence-electron chi connectivity index (χ1n) is 14.9. The largest absolute Gasteiger partial charge is 0.489 e. The number of likely N-dealkylation sites (tertiary alicyclic amines) is 2. The van der Waals surface area contributed by atoms with Gasteiger partial charge in [0.25, 0.3) is 5.91 Å². The molecule has 0 aromatic heterocycles. The van der Waals surface area contributed by atoms with Crippen LogP contribution >= 0.6 is 0 Å². The minimum atomic E-state index is -0.601. The highest BCUT2D eigenvalue weighted by molar-refractivity contribution is 6.05. The van der Waals surface area contributed by atoms with Gasteiger partial charge in [0.05, 0.1) is 0 Å². The van der Waals surface area contributed by atoms with E-state index in [2.05, 4.69) is 10.2 Å². The van der Waals surface area contributed by atoms with Crippen molar-refractivity contribution in [2.75, 3.05) is 26.2 Å². The number of carbonyl (C=O) groups excluding carboxylic acids is 4. The number of piperidine rings is 1. The molecule has 4 aliphatic heterocycles. The van der Waals surface area contributed by atoms with Crippen LogP contribution in [0.25, 0.3) is 0 Å². The fraction of sp³-hybridized carbons (Fsp3) is 0.667. The highest BCUT2D eigenvalue weighted by Gasteiger charge is 2.42. The van der Waals surface area contributed by atoms with Gasteiger partial charge in [-0.15, -0.1) is 0 Å². The number of hydrogen-bond acceptors (Lipinski definition) is 6. The van der Waals surface area contributed by atoms with E-state index in [4.69, 9.17) is 4.74 Å². The van der Waals surface area contributed by atoms with Gasteiger partial charge in [-0.2, -0.15) is 0 Å². The van der Waals surface area contributed by atoms with Crippen molar-refractivity contribution in [3.63, 3.8) is 0 Å². The van der Waals surface area contributed by atoms with Crippen molar-refractivity contribution in [3.05, 3.63) is 29.3 Å². The van der Waals surface area contributed by atoms with Crippen LogP contribution in [0.1, 0.15) is 80.1 Å². The summed E-state index contributed by atoms with van der Waals surface area (Å²) in [5, 5.41) is 2.36. The first kappa shape index (κ1) is 26.3. The Morgan fingerprint density at radius 3 is 2.41 bits per heavy atom. The Hall–Kier alpha value is -2.94. The second-order valence-corrected chi connectivity index (χ2v) is 12.1. The summed E-state index contributed by atoms with van der Waals surface area (Å²) >= 11 is 0. The Morgan fingerprint density at radius 2 is 1.67 bits per heavy atom. The van der Waals surface area contributed by atoms with Crippen molar-refractivity contribution in [1.29, 1.82) is 0 Å². The van der Waals surface area contributed by atoms with Crippen LogP contribution in [0.2, 0.25) is 0 Å². The zero-order valence-electron chi connectivity index (χ0n) is 22.7. The maximum atomic E-state index is 13.0. The monoisotopic (exact) mass is 536 g/mol. The SMILES string of the molecule is O=CN1CCCC(C2CN(C3CCCCC3Oc3ccc4c(c3)CN(C3CCC(=O)NC3=O)C4=O)C2)CCC1. The van der Waals surface area contributed by atoms with Gasteiger partial charge in [-0.1, -0.05) is 6.42 Å². The summed E-state index contributed by atoms with van der Waals surface area (Å²) in [5.41, 5.74) is 1.50. The molecular formula is C30H40N4O5. The summed E-state index contributed by atoms with van der Waals surface area (Å²) in [6.45, 7) is 4.45. The Labute approximate surface area is 230 Å². The number of nitrogens with zero attached hydrogens (tertiary/aromatic N) is 3. The van der Waals surface area contributed by atoms with Gasteiger partial charge in [0, 0.05) is 50.7 Å². The third-order valence-corrected chi connectivity index (χ3v) is 9.71. The summed E-state index contributed by atoms with van der Waals surface area (Å²) in [6, 6.07) is 5.52. The van der Waals surface area contributed by atoms with Gasteiger partial charge in [-0.3, -0.25) is 29.4 Å². The van der Waals surface area contributed by atoms with Gasteiger partial charge in [-0.25, -0.2) is 0 Å². The molecule has 4 amide bonds. The Kier molecular flexibility index (Phi) is 7.60. The van der Waals surface area contributed by atoms with Gasteiger partial charge >= 0.3 is 0 Å². The molecular weight excluding hydrogens is 496 g/mol. The fourth-order valence-corrected chi connectivity index (χ4v) is 7.50. The van der Waals surface area contributed by atoms with Crippen molar-refractivity contribution in [1.82, 2.24) is 20.0 Å². The molecule has 39 heavy (non-hydrogen) atoms. The number of amides is 4. The first-order valence-corrected chi connectivity index (χ1v) is 14.9. The summed E-state index contributed by atoms with van der Waals surface area (Å²) in [5.74, 6) is 1.49. The third kappa shape index (κ3) is 5.42. The number of fused-ring (bicyclic) bond motifs is 1. The van der Waals surface area contributed by atoms with Crippen LogP contribution in [0.3, 0.4) is 0 Å². The summed E-state index contributed by atoms with van der Waals surface area (Å²) in [6.07, 6.45) is 11.0. The van der Waals surface area contributed by atoms with E-state index in [1.54, 1.807) is 4.90 Å². The molecule has 1 aromatic rings. The average Bonchev–Trinajstić information content (AvgIpc) is 3.20. The highest BCUT2D eigenvalue weighted by atomic mass is 16.5. The molecule has 1 N–H and O–H groups in total. The van der Waals surface area contributed by atoms with Crippen molar-refractivity contribution >= 4 is 24.1 Å². The number of ether oxygens (including phenoxy) is 1. The molecule has 5 aliphatic rings. The maximum Gasteiger partial charge on any atom is 0.255 e. The van der Waals surface area contributed by atoms with E-state index >= 15 is 0 Å². The molecule has 0 radical (unpaired) electrons. The summed E-state index contributed by atoms with van der Waals surface area (Å²) in [4.78, 5) is 54.2. The maximum absolute atomic E-state index is 13.0. The number of nitrogens with one attached hydrogen (secondary N) is 1. The summed E-state index contributed by atoms with van der Waals surface area (Å²) in [7, 11) is 0. The predicted molar refractivity (Wildman–Crippen MR) is 144 cm³/mol. The van der Waals surface area contributed by atoms with Crippen molar-refractivity contribution in [3.8, 4) is 5.75 Å². The molecule has 6 rings (SSSR count). The van der Waals surface area contributed by atoms with Crippen LogP contribution in [0.4, 0.5) is 0 Å². The van der Waals surface area contributed by atoms with Gasteiger partial charge in [0.2, 0.25) is 18.2 Å². The number of rotatable bonds is 6.